The molecule has 0 radical (unpaired) electrons. The van der Waals surface area contributed by atoms with Crippen molar-refractivity contribution in [3.63, 3.8) is 0 Å². The fourth-order valence-electron chi connectivity index (χ4n) is 2.13. The Kier molecular flexibility index (Phi) is 5.87. The molecule has 0 bridgehead atoms. The summed E-state index contributed by atoms with van der Waals surface area (Å²) in [6.07, 6.45) is 2.26. The molecule has 1 aromatic carbocycles. The monoisotopic (exact) mass is 385 g/mol. The zero-order valence-corrected chi connectivity index (χ0v) is 15.4. The number of benzene rings is 1. The van der Waals surface area contributed by atoms with Crippen LogP contribution >= 0.6 is 35.4 Å². The van der Waals surface area contributed by atoms with Crippen molar-refractivity contribution in [3.05, 3.63) is 47.1 Å². The fraction of sp³-hybridized carbons (Fsp3) is 0.250. The molecule has 1 amide bonds. The predicted molar refractivity (Wildman–Crippen MR) is 102 cm³/mol. The van der Waals surface area contributed by atoms with Crippen molar-refractivity contribution in [1.29, 1.82) is 0 Å². The van der Waals surface area contributed by atoms with Crippen molar-refractivity contribution < 1.29 is 9.90 Å². The molecule has 128 valence electrons. The molecule has 2 atom stereocenters. The summed E-state index contributed by atoms with van der Waals surface area (Å²) in [6, 6.07) is 7.09. The lowest BCUT2D eigenvalue weighted by molar-refractivity contribution is -0.114. The van der Waals surface area contributed by atoms with Crippen molar-refractivity contribution >= 4 is 57.8 Å². The molecule has 0 spiro atoms. The van der Waals surface area contributed by atoms with Gasteiger partial charge in [0.25, 0.3) is 0 Å². The normalized spacial score (nSPS) is 23.0. The molecule has 0 aliphatic heterocycles. The van der Waals surface area contributed by atoms with E-state index in [0.717, 1.165) is 5.69 Å². The molecule has 1 aromatic rings. The zero-order chi connectivity index (χ0) is 17.9. The van der Waals surface area contributed by atoms with Crippen molar-refractivity contribution in [2.24, 2.45) is 0 Å². The smallest absolute Gasteiger partial charge is 0.221 e. The Labute approximate surface area is 155 Å². The maximum Gasteiger partial charge on any atom is 0.221 e. The van der Waals surface area contributed by atoms with Crippen LogP contribution < -0.4 is 16.0 Å². The van der Waals surface area contributed by atoms with Crippen LogP contribution in [-0.4, -0.2) is 27.1 Å². The maximum absolute atomic E-state index is 11.0. The van der Waals surface area contributed by atoms with Gasteiger partial charge in [0.2, 0.25) is 5.91 Å². The van der Waals surface area contributed by atoms with E-state index >= 15 is 0 Å². The van der Waals surface area contributed by atoms with Gasteiger partial charge in [-0.05, 0) is 55.6 Å². The van der Waals surface area contributed by atoms with E-state index in [1.807, 2.05) is 0 Å². The molecule has 1 aliphatic carbocycles. The quantitative estimate of drug-likeness (QED) is 0.474. The molecule has 8 heteroatoms. The minimum atomic E-state index is -1.01. The molecule has 5 nitrogen and oxygen atoms in total. The molecule has 0 aromatic heterocycles. The number of hydrogen-bond donors (Lipinski definition) is 4. The summed E-state index contributed by atoms with van der Waals surface area (Å²) in [4.78, 5) is 9.98. The second kappa shape index (κ2) is 7.53. The van der Waals surface area contributed by atoms with Crippen LogP contribution in [0.2, 0.25) is 0 Å². The second-order valence-corrected chi connectivity index (χ2v) is 7.18. The van der Waals surface area contributed by atoms with Gasteiger partial charge in [0.05, 0.1) is 9.91 Å². The van der Waals surface area contributed by atoms with E-state index in [-0.39, 0.29) is 10.9 Å². The molecule has 4 N–H and O–H groups in total. The van der Waals surface area contributed by atoms with Crippen LogP contribution in [0.3, 0.4) is 0 Å². The number of hydrogen-bond acceptors (Lipinski definition) is 3. The lowest BCUT2D eigenvalue weighted by atomic mass is 9.97. The molecule has 2 unspecified atom stereocenters. The summed E-state index contributed by atoms with van der Waals surface area (Å²) in [6.45, 7) is 3.11. The van der Waals surface area contributed by atoms with Gasteiger partial charge in [-0.2, -0.15) is 0 Å². The van der Waals surface area contributed by atoms with E-state index < -0.39 is 11.0 Å². The number of alkyl halides is 1. The molecule has 0 saturated heterocycles. The summed E-state index contributed by atoms with van der Waals surface area (Å²) in [5.74, 6) is -0.132. The minimum Gasteiger partial charge on any atom is -0.385 e. The second-order valence-electron chi connectivity index (χ2n) is 5.52. The fourth-order valence-corrected chi connectivity index (χ4v) is 3.00. The molecule has 0 heterocycles. The SMILES string of the molecule is CC(=O)Nc1ccc(NC(=S)NC2=CC(C)(Cl)C(O)C(Cl)=C2)cc1. The number of carbonyl (C=O) groups excluding carboxylic acids is 1. The van der Waals surface area contributed by atoms with Crippen molar-refractivity contribution in [2.75, 3.05) is 10.6 Å². The van der Waals surface area contributed by atoms with E-state index in [0.29, 0.717) is 16.5 Å². The minimum absolute atomic E-state index is 0.132. The van der Waals surface area contributed by atoms with E-state index in [1.165, 1.54) is 6.92 Å². The lowest BCUT2D eigenvalue weighted by Crippen LogP contribution is -2.38. The number of allylic oxidation sites excluding steroid dienone is 1. The van der Waals surface area contributed by atoms with Crippen LogP contribution in [0.1, 0.15) is 13.8 Å². The zero-order valence-electron chi connectivity index (χ0n) is 13.1. The molecule has 2 rings (SSSR count). The summed E-state index contributed by atoms with van der Waals surface area (Å²) in [5, 5.41) is 19.2. The van der Waals surface area contributed by atoms with Gasteiger partial charge in [-0.15, -0.1) is 11.6 Å². The van der Waals surface area contributed by atoms with Gasteiger partial charge in [-0.25, -0.2) is 0 Å². The average molecular weight is 386 g/mol. The predicted octanol–water partition coefficient (Wildman–Crippen LogP) is 3.31. The van der Waals surface area contributed by atoms with Crippen LogP contribution in [0.4, 0.5) is 11.4 Å². The van der Waals surface area contributed by atoms with Crippen LogP contribution in [-0.2, 0) is 4.79 Å². The number of rotatable bonds is 3. The van der Waals surface area contributed by atoms with Crippen LogP contribution in [0, 0.1) is 0 Å². The largest absolute Gasteiger partial charge is 0.385 e. The first-order valence-electron chi connectivity index (χ1n) is 7.10. The number of aliphatic hydroxyl groups excluding tert-OH is 1. The van der Waals surface area contributed by atoms with E-state index in [2.05, 4.69) is 16.0 Å². The van der Waals surface area contributed by atoms with Gasteiger partial charge in [0, 0.05) is 24.0 Å². The van der Waals surface area contributed by atoms with Crippen LogP contribution in [0.25, 0.3) is 0 Å². The number of aliphatic hydroxyl groups is 1. The standard InChI is InChI=1S/C16H17Cl2N3O2S/c1-9(22)19-10-3-5-11(6-4-10)20-15(24)21-12-7-13(17)14(23)16(2,18)8-12/h3-8,14,23H,1-2H3,(H,19,22)(H2,20,21,24). The number of thiocarbonyl (C=S) groups is 1. The first kappa shape index (κ1) is 18.7. The first-order valence-corrected chi connectivity index (χ1v) is 8.26. The average Bonchev–Trinajstić information content (AvgIpc) is 2.46. The molecular formula is C16H17Cl2N3O2S. The Morgan fingerprint density at radius 2 is 1.75 bits per heavy atom. The van der Waals surface area contributed by atoms with Crippen molar-refractivity contribution in [2.45, 2.75) is 24.8 Å². The Hall–Kier alpha value is -1.60. The van der Waals surface area contributed by atoms with Gasteiger partial charge < -0.3 is 21.1 Å². The Morgan fingerprint density at radius 3 is 2.25 bits per heavy atom. The third kappa shape index (κ3) is 4.95. The topological polar surface area (TPSA) is 73.4 Å². The third-order valence-corrected chi connectivity index (χ3v) is 4.08. The van der Waals surface area contributed by atoms with Gasteiger partial charge in [0.1, 0.15) is 6.10 Å². The number of nitrogens with one attached hydrogen (secondary N) is 3. The van der Waals surface area contributed by atoms with Gasteiger partial charge in [-0.1, -0.05) is 11.6 Å². The van der Waals surface area contributed by atoms with E-state index in [1.54, 1.807) is 43.3 Å². The number of amides is 1. The molecule has 0 fully saturated rings. The molecule has 1 aliphatic rings. The van der Waals surface area contributed by atoms with Crippen molar-refractivity contribution in [1.82, 2.24) is 5.32 Å². The van der Waals surface area contributed by atoms with E-state index in [9.17, 15) is 9.90 Å². The summed E-state index contributed by atoms with van der Waals surface area (Å²) >= 11 is 17.5. The summed E-state index contributed by atoms with van der Waals surface area (Å²) < 4.78 is 0. The lowest BCUT2D eigenvalue weighted by Gasteiger charge is -2.29. The Bertz CT molecular complexity index is 715. The Morgan fingerprint density at radius 1 is 1.21 bits per heavy atom. The highest BCUT2D eigenvalue weighted by atomic mass is 35.5. The number of carbonyl (C=O) groups is 1. The number of anilines is 2. The highest BCUT2D eigenvalue weighted by Crippen LogP contribution is 2.33. The molecule has 24 heavy (non-hydrogen) atoms. The first-order chi connectivity index (χ1) is 11.2. The van der Waals surface area contributed by atoms with Gasteiger partial charge >= 0.3 is 0 Å². The molecule has 0 saturated carbocycles. The van der Waals surface area contributed by atoms with Gasteiger partial charge in [-0.3, -0.25) is 4.79 Å². The van der Waals surface area contributed by atoms with Crippen LogP contribution in [0.5, 0.6) is 0 Å². The van der Waals surface area contributed by atoms with E-state index in [4.69, 9.17) is 35.4 Å². The highest BCUT2D eigenvalue weighted by molar-refractivity contribution is 7.80. The van der Waals surface area contributed by atoms with Crippen molar-refractivity contribution in [3.8, 4) is 0 Å². The number of halogens is 2. The van der Waals surface area contributed by atoms with Crippen LogP contribution in [0.15, 0.2) is 47.1 Å². The Balaban J connectivity index is 2.00. The summed E-state index contributed by atoms with van der Waals surface area (Å²) in [7, 11) is 0. The molecular weight excluding hydrogens is 369 g/mol. The maximum atomic E-state index is 11.0. The van der Waals surface area contributed by atoms with Gasteiger partial charge in [0.15, 0.2) is 5.11 Å². The highest BCUT2D eigenvalue weighted by Gasteiger charge is 2.34. The third-order valence-electron chi connectivity index (χ3n) is 3.25. The summed E-state index contributed by atoms with van der Waals surface area (Å²) in [5.41, 5.74) is 2.04.